The van der Waals surface area contributed by atoms with Crippen LogP contribution in [0.4, 0.5) is 26.3 Å². The normalized spacial score (nSPS) is 11.2. The first kappa shape index (κ1) is 22.2. The molecule has 0 fully saturated rings. The molecule has 0 saturated carbocycles. The molecular weight excluding hydrogens is 386 g/mol. The highest BCUT2D eigenvalue weighted by Crippen LogP contribution is 2.32. The quantitative estimate of drug-likeness (QED) is 0.574. The Hall–Kier alpha value is -2.82. The fourth-order valence-electron chi connectivity index (χ4n) is 1.57. The SMILES string of the molecule is COCOc1ccccc1OC(F)(F)F.Oc1ccccc1OC(F)(F)F. The van der Waals surface area contributed by atoms with Gasteiger partial charge in [0.2, 0.25) is 0 Å². The van der Waals surface area contributed by atoms with Crippen LogP contribution in [0.5, 0.6) is 23.0 Å². The smallest absolute Gasteiger partial charge is 0.504 e. The third kappa shape index (κ3) is 9.45. The Morgan fingerprint density at radius 2 is 1.19 bits per heavy atom. The second-order valence-electron chi connectivity index (χ2n) is 4.56. The maximum absolute atomic E-state index is 11.9. The van der Waals surface area contributed by atoms with E-state index in [0.29, 0.717) is 0 Å². The summed E-state index contributed by atoms with van der Waals surface area (Å²) >= 11 is 0. The van der Waals surface area contributed by atoms with Gasteiger partial charge in [0.1, 0.15) is 0 Å². The first-order chi connectivity index (χ1) is 12.5. The summed E-state index contributed by atoms with van der Waals surface area (Å²) in [6.45, 7) is -0.141. The van der Waals surface area contributed by atoms with Gasteiger partial charge in [-0.05, 0) is 24.3 Å². The van der Waals surface area contributed by atoms with Crippen LogP contribution in [0.25, 0.3) is 0 Å². The average molecular weight is 400 g/mol. The van der Waals surface area contributed by atoms with Crippen molar-refractivity contribution in [2.45, 2.75) is 12.7 Å². The molecule has 27 heavy (non-hydrogen) atoms. The molecule has 5 nitrogen and oxygen atoms in total. The molecule has 0 aromatic heterocycles. The number of hydrogen-bond acceptors (Lipinski definition) is 5. The highest BCUT2D eigenvalue weighted by atomic mass is 19.4. The minimum absolute atomic E-state index is 0.0170. The van der Waals surface area contributed by atoms with E-state index in [0.717, 1.165) is 12.1 Å². The molecule has 0 aliphatic carbocycles. The van der Waals surface area contributed by atoms with Gasteiger partial charge in [-0.25, -0.2) is 0 Å². The molecular formula is C16H14F6O5. The highest BCUT2D eigenvalue weighted by Gasteiger charge is 2.32. The van der Waals surface area contributed by atoms with Gasteiger partial charge in [0.25, 0.3) is 0 Å². The summed E-state index contributed by atoms with van der Waals surface area (Å²) in [5.74, 6) is -1.53. The van der Waals surface area contributed by atoms with Crippen molar-refractivity contribution in [1.29, 1.82) is 0 Å². The van der Waals surface area contributed by atoms with Gasteiger partial charge in [0.15, 0.2) is 29.8 Å². The lowest BCUT2D eigenvalue weighted by molar-refractivity contribution is -0.276. The lowest BCUT2D eigenvalue weighted by atomic mass is 10.3. The number of para-hydroxylation sites is 4. The van der Waals surface area contributed by atoms with Crippen LogP contribution in [0.3, 0.4) is 0 Å². The molecule has 0 amide bonds. The van der Waals surface area contributed by atoms with Crippen molar-refractivity contribution in [3.63, 3.8) is 0 Å². The van der Waals surface area contributed by atoms with Crippen LogP contribution in [0.15, 0.2) is 48.5 Å². The van der Waals surface area contributed by atoms with Crippen LogP contribution in [0, 0.1) is 0 Å². The van der Waals surface area contributed by atoms with Crippen LogP contribution >= 0.6 is 0 Å². The number of aromatic hydroxyl groups is 1. The maximum Gasteiger partial charge on any atom is 0.573 e. The fraction of sp³-hybridized carbons (Fsp3) is 0.250. The van der Waals surface area contributed by atoms with E-state index in [1.807, 2.05) is 0 Å². The standard InChI is InChI=1S/C9H9F3O3.C7H5F3O2/c1-13-6-14-7-4-2-3-5-8(7)15-9(10,11)12;8-7(9,10)12-6-4-2-1-3-5(6)11/h2-5H,6H2,1H3;1-4,11H. The fourth-order valence-corrected chi connectivity index (χ4v) is 1.57. The van der Waals surface area contributed by atoms with Crippen molar-refractivity contribution in [2.75, 3.05) is 13.9 Å². The van der Waals surface area contributed by atoms with Gasteiger partial charge in [-0.1, -0.05) is 24.3 Å². The Morgan fingerprint density at radius 1 is 0.741 bits per heavy atom. The zero-order valence-corrected chi connectivity index (χ0v) is 13.7. The monoisotopic (exact) mass is 400 g/mol. The topological polar surface area (TPSA) is 57.2 Å². The molecule has 0 spiro atoms. The van der Waals surface area contributed by atoms with Crippen molar-refractivity contribution < 1.29 is 50.4 Å². The molecule has 1 N–H and O–H groups in total. The molecule has 150 valence electrons. The number of rotatable bonds is 5. The summed E-state index contributed by atoms with van der Waals surface area (Å²) in [6.07, 6.45) is -9.49. The Morgan fingerprint density at radius 3 is 1.67 bits per heavy atom. The largest absolute Gasteiger partial charge is 0.573 e. The number of methoxy groups -OCH3 is 1. The number of alkyl halides is 6. The third-order valence-corrected chi connectivity index (χ3v) is 2.50. The molecule has 2 aromatic carbocycles. The van der Waals surface area contributed by atoms with E-state index in [9.17, 15) is 26.3 Å². The zero-order chi connectivity index (χ0) is 20.5. The highest BCUT2D eigenvalue weighted by molar-refractivity contribution is 5.39. The van der Waals surface area contributed by atoms with Crippen LogP contribution in [0.2, 0.25) is 0 Å². The minimum atomic E-state index is -4.77. The molecule has 0 radical (unpaired) electrons. The van der Waals surface area contributed by atoms with E-state index in [1.54, 1.807) is 0 Å². The Bertz CT molecular complexity index is 702. The van der Waals surface area contributed by atoms with E-state index in [4.69, 9.17) is 9.84 Å². The summed E-state index contributed by atoms with van der Waals surface area (Å²) in [5, 5.41) is 8.85. The summed E-state index contributed by atoms with van der Waals surface area (Å²) in [7, 11) is 1.37. The van der Waals surface area contributed by atoms with Crippen molar-refractivity contribution in [1.82, 2.24) is 0 Å². The maximum atomic E-state index is 11.9. The molecule has 2 aromatic rings. The average Bonchev–Trinajstić information content (AvgIpc) is 2.54. The van der Waals surface area contributed by atoms with Crippen molar-refractivity contribution >= 4 is 0 Å². The lowest BCUT2D eigenvalue weighted by Crippen LogP contribution is -2.17. The van der Waals surface area contributed by atoms with Gasteiger partial charge in [0, 0.05) is 7.11 Å². The van der Waals surface area contributed by atoms with Gasteiger partial charge in [-0.2, -0.15) is 0 Å². The number of halogens is 6. The van der Waals surface area contributed by atoms with Crippen molar-refractivity contribution in [2.24, 2.45) is 0 Å². The number of hydrogen-bond donors (Lipinski definition) is 1. The number of benzene rings is 2. The van der Waals surface area contributed by atoms with E-state index in [1.165, 1.54) is 43.5 Å². The van der Waals surface area contributed by atoms with Crippen molar-refractivity contribution in [3.05, 3.63) is 48.5 Å². The third-order valence-electron chi connectivity index (χ3n) is 2.50. The summed E-state index contributed by atoms with van der Waals surface area (Å²) in [4.78, 5) is 0. The molecule has 0 heterocycles. The molecule has 0 unspecified atom stereocenters. The van der Waals surface area contributed by atoms with Crippen LogP contribution in [-0.4, -0.2) is 31.7 Å². The predicted octanol–water partition coefficient (Wildman–Crippen LogP) is 4.86. The minimum Gasteiger partial charge on any atom is -0.504 e. The Kier molecular flexibility index (Phi) is 8.03. The molecule has 0 bridgehead atoms. The molecule has 0 aliphatic heterocycles. The first-order valence-electron chi connectivity index (χ1n) is 7.02. The van der Waals surface area contributed by atoms with Gasteiger partial charge in [-0.15, -0.1) is 26.3 Å². The predicted molar refractivity (Wildman–Crippen MR) is 80.4 cm³/mol. The van der Waals surface area contributed by atoms with Gasteiger partial charge in [-0.3, -0.25) is 0 Å². The summed E-state index contributed by atoms with van der Waals surface area (Å²) < 4.78 is 87.3. The Labute approximate surface area is 149 Å². The molecule has 0 aliphatic rings. The van der Waals surface area contributed by atoms with E-state index >= 15 is 0 Å². The number of phenols is 1. The zero-order valence-electron chi connectivity index (χ0n) is 13.7. The van der Waals surface area contributed by atoms with Gasteiger partial charge >= 0.3 is 12.7 Å². The van der Waals surface area contributed by atoms with Crippen molar-refractivity contribution in [3.8, 4) is 23.0 Å². The summed E-state index contributed by atoms with van der Waals surface area (Å²) in [5.41, 5.74) is 0. The molecule has 0 saturated heterocycles. The van der Waals surface area contributed by atoms with Crippen LogP contribution in [-0.2, 0) is 4.74 Å². The van der Waals surface area contributed by atoms with Gasteiger partial charge in [0.05, 0.1) is 0 Å². The van der Waals surface area contributed by atoms with E-state index in [-0.39, 0.29) is 18.3 Å². The van der Waals surface area contributed by atoms with Crippen LogP contribution in [0.1, 0.15) is 0 Å². The first-order valence-corrected chi connectivity index (χ1v) is 7.02. The molecule has 0 atom stereocenters. The number of ether oxygens (including phenoxy) is 4. The molecule has 11 heteroatoms. The number of phenolic OH excluding ortho intramolecular Hbond substituents is 1. The second-order valence-corrected chi connectivity index (χ2v) is 4.56. The Balaban J connectivity index is 0.000000277. The van der Waals surface area contributed by atoms with E-state index in [2.05, 4.69) is 14.2 Å². The summed E-state index contributed by atoms with van der Waals surface area (Å²) in [6, 6.07) is 10.4. The second kappa shape index (κ2) is 9.76. The van der Waals surface area contributed by atoms with Crippen LogP contribution < -0.4 is 14.2 Å². The lowest BCUT2D eigenvalue weighted by Gasteiger charge is -2.13. The van der Waals surface area contributed by atoms with E-state index < -0.39 is 24.2 Å². The van der Waals surface area contributed by atoms with Gasteiger partial charge < -0.3 is 24.1 Å². The molecule has 2 rings (SSSR count).